The molecule has 0 unspecified atom stereocenters. The van der Waals surface area contributed by atoms with E-state index >= 15 is 0 Å². The molecule has 0 saturated carbocycles. The molecule has 176 valence electrons. The maximum atomic E-state index is 11.6. The van der Waals surface area contributed by atoms with Crippen molar-refractivity contribution in [3.05, 3.63) is 58.4 Å². The van der Waals surface area contributed by atoms with Crippen LogP contribution < -0.4 is 15.4 Å². The zero-order valence-corrected chi connectivity index (χ0v) is 19.5. The number of ether oxygens (including phenoxy) is 1. The van der Waals surface area contributed by atoms with Gasteiger partial charge in [0.2, 0.25) is 0 Å². The van der Waals surface area contributed by atoms with Crippen molar-refractivity contribution in [1.29, 1.82) is 0 Å². The molecule has 0 aliphatic rings. The van der Waals surface area contributed by atoms with Crippen molar-refractivity contribution in [3.63, 3.8) is 0 Å². The highest BCUT2D eigenvalue weighted by Gasteiger charge is 2.17. The predicted octanol–water partition coefficient (Wildman–Crippen LogP) is 4.69. The lowest BCUT2D eigenvalue weighted by atomic mass is 10.1. The van der Waals surface area contributed by atoms with Crippen molar-refractivity contribution in [2.45, 2.75) is 33.7 Å². The van der Waals surface area contributed by atoms with Crippen LogP contribution in [0.25, 0.3) is 10.9 Å². The minimum Gasteiger partial charge on any atom is -0.493 e. The standard InChI is InChI=1S/C24H32N6O3/c1-4-25-21-15-20-19(14-22(21)30(31)32)24(28-17-27-20)26-16-18-10-7-8-11-23(18)33-13-9-12-29(5-2)6-3/h7-8,10-11,14-15,17,25H,4-6,9,12-13,16H2,1-3H3,(H,26,27,28). The SMILES string of the molecule is CCNc1cc2ncnc(NCc3ccccc3OCCCN(CC)CC)c2cc1[N+](=O)[O-]. The summed E-state index contributed by atoms with van der Waals surface area (Å²) in [6.45, 7) is 11.0. The number of fused-ring (bicyclic) bond motifs is 1. The fourth-order valence-electron chi connectivity index (χ4n) is 3.70. The maximum absolute atomic E-state index is 11.6. The van der Waals surface area contributed by atoms with E-state index in [4.69, 9.17) is 4.74 Å². The van der Waals surface area contributed by atoms with Crippen molar-refractivity contribution in [3.8, 4) is 5.75 Å². The van der Waals surface area contributed by atoms with Crippen LogP contribution in [0.2, 0.25) is 0 Å². The van der Waals surface area contributed by atoms with Crippen LogP contribution in [0.5, 0.6) is 5.75 Å². The van der Waals surface area contributed by atoms with Crippen molar-refractivity contribution in [2.75, 3.05) is 43.4 Å². The van der Waals surface area contributed by atoms with Gasteiger partial charge in [0.15, 0.2) is 0 Å². The lowest BCUT2D eigenvalue weighted by molar-refractivity contribution is -0.383. The molecule has 0 atom stereocenters. The molecule has 0 fully saturated rings. The van der Waals surface area contributed by atoms with Gasteiger partial charge in [-0.1, -0.05) is 32.0 Å². The average molecular weight is 453 g/mol. The largest absolute Gasteiger partial charge is 0.493 e. The molecule has 0 aliphatic heterocycles. The van der Waals surface area contributed by atoms with E-state index in [0.717, 1.165) is 37.4 Å². The van der Waals surface area contributed by atoms with Crippen LogP contribution in [0.4, 0.5) is 17.2 Å². The molecular formula is C24H32N6O3. The number of aromatic nitrogens is 2. The second kappa shape index (κ2) is 12.0. The second-order valence-electron chi connectivity index (χ2n) is 7.59. The number of hydrogen-bond acceptors (Lipinski definition) is 8. The van der Waals surface area contributed by atoms with Gasteiger partial charge in [-0.3, -0.25) is 10.1 Å². The van der Waals surface area contributed by atoms with Crippen LogP contribution in [0.1, 0.15) is 32.8 Å². The molecule has 0 amide bonds. The Morgan fingerprint density at radius 1 is 1.09 bits per heavy atom. The van der Waals surface area contributed by atoms with Crippen LogP contribution in [-0.2, 0) is 6.54 Å². The Balaban J connectivity index is 1.74. The van der Waals surface area contributed by atoms with Crippen LogP contribution >= 0.6 is 0 Å². The molecule has 0 bridgehead atoms. The van der Waals surface area contributed by atoms with Crippen molar-refractivity contribution < 1.29 is 9.66 Å². The summed E-state index contributed by atoms with van der Waals surface area (Å²) in [5, 5.41) is 18.5. The summed E-state index contributed by atoms with van der Waals surface area (Å²) < 4.78 is 6.05. The third kappa shape index (κ3) is 6.29. The van der Waals surface area contributed by atoms with E-state index in [1.165, 1.54) is 12.4 Å². The molecule has 9 heteroatoms. The molecule has 0 saturated heterocycles. The molecule has 0 radical (unpaired) electrons. The molecule has 9 nitrogen and oxygen atoms in total. The number of para-hydroxylation sites is 1. The first-order valence-electron chi connectivity index (χ1n) is 11.4. The van der Waals surface area contributed by atoms with Gasteiger partial charge in [0, 0.05) is 36.7 Å². The first-order chi connectivity index (χ1) is 16.1. The van der Waals surface area contributed by atoms with E-state index in [1.54, 1.807) is 6.07 Å². The van der Waals surface area contributed by atoms with Crippen LogP contribution in [-0.4, -0.2) is 52.6 Å². The number of benzene rings is 2. The van der Waals surface area contributed by atoms with Gasteiger partial charge in [-0.05, 0) is 38.6 Å². The number of rotatable bonds is 13. The van der Waals surface area contributed by atoms with E-state index in [-0.39, 0.29) is 5.69 Å². The van der Waals surface area contributed by atoms with Gasteiger partial charge in [-0.2, -0.15) is 0 Å². The summed E-state index contributed by atoms with van der Waals surface area (Å²) in [6, 6.07) is 11.1. The molecular weight excluding hydrogens is 420 g/mol. The Morgan fingerprint density at radius 2 is 1.88 bits per heavy atom. The van der Waals surface area contributed by atoms with Crippen LogP contribution in [0, 0.1) is 10.1 Å². The Morgan fingerprint density at radius 3 is 2.61 bits per heavy atom. The molecule has 1 heterocycles. The third-order valence-electron chi connectivity index (χ3n) is 5.51. The Labute approximate surface area is 194 Å². The summed E-state index contributed by atoms with van der Waals surface area (Å²) in [7, 11) is 0. The average Bonchev–Trinajstić information content (AvgIpc) is 2.83. The topological polar surface area (TPSA) is 105 Å². The van der Waals surface area contributed by atoms with Crippen molar-refractivity contribution >= 4 is 28.1 Å². The lowest BCUT2D eigenvalue weighted by Crippen LogP contribution is -2.25. The monoisotopic (exact) mass is 452 g/mol. The first-order valence-corrected chi connectivity index (χ1v) is 11.4. The van der Waals surface area contributed by atoms with Gasteiger partial charge >= 0.3 is 0 Å². The summed E-state index contributed by atoms with van der Waals surface area (Å²) in [4.78, 5) is 22.2. The van der Waals surface area contributed by atoms with Gasteiger partial charge in [0.1, 0.15) is 23.6 Å². The maximum Gasteiger partial charge on any atom is 0.293 e. The Hall–Kier alpha value is -3.46. The van der Waals surface area contributed by atoms with Gasteiger partial charge in [0.05, 0.1) is 17.0 Å². The highest BCUT2D eigenvalue weighted by molar-refractivity contribution is 5.94. The number of nitro benzene ring substituents is 1. The van der Waals surface area contributed by atoms with Gasteiger partial charge in [-0.25, -0.2) is 9.97 Å². The van der Waals surface area contributed by atoms with E-state index < -0.39 is 4.92 Å². The minimum absolute atomic E-state index is 0.000800. The van der Waals surface area contributed by atoms with Gasteiger partial charge in [0.25, 0.3) is 5.69 Å². The molecule has 2 aromatic carbocycles. The number of anilines is 2. The molecule has 0 spiro atoms. The summed E-state index contributed by atoms with van der Waals surface area (Å²) in [5.41, 5.74) is 2.07. The Kier molecular flexibility index (Phi) is 8.77. The van der Waals surface area contributed by atoms with Gasteiger partial charge < -0.3 is 20.3 Å². The minimum atomic E-state index is -0.393. The fourth-order valence-corrected chi connectivity index (χ4v) is 3.70. The molecule has 0 aliphatic carbocycles. The molecule has 1 aromatic heterocycles. The molecule has 3 rings (SSSR count). The predicted molar refractivity (Wildman–Crippen MR) is 132 cm³/mol. The summed E-state index contributed by atoms with van der Waals surface area (Å²) in [6.07, 6.45) is 2.42. The number of nitrogens with zero attached hydrogens (tertiary/aromatic N) is 4. The first kappa shape index (κ1) is 24.2. The molecule has 2 N–H and O–H groups in total. The van der Waals surface area contributed by atoms with E-state index in [9.17, 15) is 10.1 Å². The Bertz CT molecular complexity index is 1070. The fraction of sp³-hybridized carbons (Fsp3) is 0.417. The smallest absolute Gasteiger partial charge is 0.293 e. The van der Waals surface area contributed by atoms with Crippen molar-refractivity contribution in [2.24, 2.45) is 0 Å². The zero-order chi connectivity index (χ0) is 23.6. The number of hydrogen-bond donors (Lipinski definition) is 2. The van der Waals surface area contributed by atoms with E-state index in [1.807, 2.05) is 31.2 Å². The molecule has 3 aromatic rings. The number of nitrogens with one attached hydrogen (secondary N) is 2. The van der Waals surface area contributed by atoms with Gasteiger partial charge in [-0.15, -0.1) is 0 Å². The number of nitro groups is 1. The highest BCUT2D eigenvalue weighted by atomic mass is 16.6. The quantitative estimate of drug-likeness (QED) is 0.219. The third-order valence-corrected chi connectivity index (χ3v) is 5.51. The lowest BCUT2D eigenvalue weighted by Gasteiger charge is -2.18. The van der Waals surface area contributed by atoms with Crippen LogP contribution in [0.15, 0.2) is 42.7 Å². The second-order valence-corrected chi connectivity index (χ2v) is 7.59. The normalized spacial score (nSPS) is 11.0. The molecule has 33 heavy (non-hydrogen) atoms. The zero-order valence-electron chi connectivity index (χ0n) is 19.5. The summed E-state index contributed by atoms with van der Waals surface area (Å²) >= 11 is 0. The summed E-state index contributed by atoms with van der Waals surface area (Å²) in [5.74, 6) is 1.37. The van der Waals surface area contributed by atoms with Crippen LogP contribution in [0.3, 0.4) is 0 Å². The van der Waals surface area contributed by atoms with E-state index in [0.29, 0.717) is 42.1 Å². The highest BCUT2D eigenvalue weighted by Crippen LogP contribution is 2.32. The van der Waals surface area contributed by atoms with Crippen molar-refractivity contribution in [1.82, 2.24) is 14.9 Å². The van der Waals surface area contributed by atoms with E-state index in [2.05, 4.69) is 39.3 Å².